The summed E-state index contributed by atoms with van der Waals surface area (Å²) in [5.41, 5.74) is 0.632. The maximum atomic E-state index is 13.7. The Balaban J connectivity index is 1.87. The molecule has 0 saturated heterocycles. The van der Waals surface area contributed by atoms with Crippen molar-refractivity contribution in [2.75, 3.05) is 17.2 Å². The topological polar surface area (TPSA) is 70.2 Å². The van der Waals surface area contributed by atoms with Crippen molar-refractivity contribution in [2.45, 2.75) is 13.5 Å². The van der Waals surface area contributed by atoms with Crippen LogP contribution in [0.1, 0.15) is 11.8 Å². The molecule has 22 heavy (non-hydrogen) atoms. The SMILES string of the molecule is CC(=O)Nc1ccc(F)c(NCC(=O)NCc2cccs2)c1. The van der Waals surface area contributed by atoms with E-state index in [1.54, 1.807) is 11.3 Å². The zero-order chi connectivity index (χ0) is 15.9. The van der Waals surface area contributed by atoms with Crippen LogP contribution in [-0.4, -0.2) is 18.4 Å². The second-order valence-corrected chi connectivity index (χ2v) is 5.62. The van der Waals surface area contributed by atoms with Gasteiger partial charge in [0.2, 0.25) is 11.8 Å². The van der Waals surface area contributed by atoms with Crippen LogP contribution in [0.15, 0.2) is 35.7 Å². The van der Waals surface area contributed by atoms with E-state index in [0.29, 0.717) is 12.2 Å². The molecule has 5 nitrogen and oxygen atoms in total. The molecule has 0 spiro atoms. The Bertz CT molecular complexity index is 659. The molecule has 0 unspecified atom stereocenters. The van der Waals surface area contributed by atoms with Crippen LogP contribution < -0.4 is 16.0 Å². The van der Waals surface area contributed by atoms with Gasteiger partial charge in [-0.3, -0.25) is 9.59 Å². The monoisotopic (exact) mass is 321 g/mol. The van der Waals surface area contributed by atoms with Crippen molar-refractivity contribution in [3.05, 3.63) is 46.4 Å². The van der Waals surface area contributed by atoms with Gasteiger partial charge in [0, 0.05) is 17.5 Å². The summed E-state index contributed by atoms with van der Waals surface area (Å²) in [6.45, 7) is 1.77. The summed E-state index contributed by atoms with van der Waals surface area (Å²) in [6.07, 6.45) is 0. The van der Waals surface area contributed by atoms with Crippen LogP contribution in [0.25, 0.3) is 0 Å². The number of halogens is 1. The number of nitrogens with one attached hydrogen (secondary N) is 3. The van der Waals surface area contributed by atoms with Crippen LogP contribution in [0, 0.1) is 5.82 Å². The lowest BCUT2D eigenvalue weighted by Gasteiger charge is -2.10. The van der Waals surface area contributed by atoms with Crippen LogP contribution in [-0.2, 0) is 16.1 Å². The van der Waals surface area contributed by atoms with Gasteiger partial charge < -0.3 is 16.0 Å². The number of rotatable bonds is 6. The molecule has 0 atom stereocenters. The number of hydrogen-bond donors (Lipinski definition) is 3. The minimum absolute atomic E-state index is 0.0498. The van der Waals surface area contributed by atoms with Gasteiger partial charge in [0.15, 0.2) is 0 Å². The summed E-state index contributed by atoms with van der Waals surface area (Å²) in [6, 6.07) is 7.97. The van der Waals surface area contributed by atoms with Crippen molar-refractivity contribution in [3.8, 4) is 0 Å². The maximum Gasteiger partial charge on any atom is 0.239 e. The molecule has 0 radical (unpaired) electrons. The smallest absolute Gasteiger partial charge is 0.239 e. The summed E-state index contributed by atoms with van der Waals surface area (Å²) >= 11 is 1.55. The lowest BCUT2D eigenvalue weighted by Crippen LogP contribution is -2.29. The van der Waals surface area contributed by atoms with Crippen molar-refractivity contribution in [1.29, 1.82) is 0 Å². The number of carbonyl (C=O) groups is 2. The molecule has 2 aromatic rings. The quantitative estimate of drug-likeness (QED) is 0.766. The van der Waals surface area contributed by atoms with Crippen molar-refractivity contribution in [3.63, 3.8) is 0 Å². The molecule has 0 bridgehead atoms. The van der Waals surface area contributed by atoms with E-state index in [1.807, 2.05) is 17.5 Å². The Labute approximate surface area is 131 Å². The summed E-state index contributed by atoms with van der Waals surface area (Å²) in [5, 5.41) is 9.95. The normalized spacial score (nSPS) is 10.1. The van der Waals surface area contributed by atoms with Crippen LogP contribution in [0.2, 0.25) is 0 Å². The van der Waals surface area contributed by atoms with Gasteiger partial charge in [-0.05, 0) is 29.6 Å². The van der Waals surface area contributed by atoms with Crippen molar-refractivity contribution >= 4 is 34.5 Å². The number of anilines is 2. The second-order valence-electron chi connectivity index (χ2n) is 4.59. The van der Waals surface area contributed by atoms with E-state index >= 15 is 0 Å². The lowest BCUT2D eigenvalue weighted by molar-refractivity contribution is -0.119. The predicted octanol–water partition coefficient (Wildman–Crippen LogP) is 2.57. The number of hydrogen-bond acceptors (Lipinski definition) is 4. The summed E-state index contributed by atoms with van der Waals surface area (Å²) in [7, 11) is 0. The van der Waals surface area contributed by atoms with Gasteiger partial charge in [0.25, 0.3) is 0 Å². The molecule has 0 aliphatic rings. The highest BCUT2D eigenvalue weighted by molar-refractivity contribution is 7.09. The molecular formula is C15H16FN3O2S. The fourth-order valence-corrected chi connectivity index (χ4v) is 2.42. The minimum Gasteiger partial charge on any atom is -0.374 e. The zero-order valence-corrected chi connectivity index (χ0v) is 12.8. The number of thiophene rings is 1. The molecular weight excluding hydrogens is 305 g/mol. The van der Waals surface area contributed by atoms with Gasteiger partial charge in [-0.15, -0.1) is 11.3 Å². The van der Waals surface area contributed by atoms with Gasteiger partial charge in [-0.25, -0.2) is 4.39 Å². The molecule has 1 aromatic carbocycles. The van der Waals surface area contributed by atoms with Crippen LogP contribution in [0.5, 0.6) is 0 Å². The molecule has 0 fully saturated rings. The minimum atomic E-state index is -0.486. The average Bonchev–Trinajstić information content (AvgIpc) is 2.98. The Hall–Kier alpha value is -2.41. The van der Waals surface area contributed by atoms with Crippen molar-refractivity contribution < 1.29 is 14.0 Å². The molecule has 3 N–H and O–H groups in total. The van der Waals surface area contributed by atoms with E-state index in [0.717, 1.165) is 4.88 Å². The Morgan fingerprint density at radius 2 is 2.09 bits per heavy atom. The molecule has 7 heteroatoms. The zero-order valence-electron chi connectivity index (χ0n) is 12.0. The van der Waals surface area contributed by atoms with E-state index in [-0.39, 0.29) is 24.0 Å². The van der Waals surface area contributed by atoms with Gasteiger partial charge in [-0.2, -0.15) is 0 Å². The predicted molar refractivity (Wildman–Crippen MR) is 85.4 cm³/mol. The van der Waals surface area contributed by atoms with Gasteiger partial charge >= 0.3 is 0 Å². The maximum absolute atomic E-state index is 13.7. The second kappa shape index (κ2) is 7.56. The highest BCUT2D eigenvalue weighted by Crippen LogP contribution is 2.19. The summed E-state index contributed by atoms with van der Waals surface area (Å²) < 4.78 is 13.7. The van der Waals surface area contributed by atoms with Crippen LogP contribution >= 0.6 is 11.3 Å². The van der Waals surface area contributed by atoms with Crippen LogP contribution in [0.4, 0.5) is 15.8 Å². The third-order valence-electron chi connectivity index (χ3n) is 2.77. The highest BCUT2D eigenvalue weighted by Gasteiger charge is 2.07. The van der Waals surface area contributed by atoms with Gasteiger partial charge in [0.1, 0.15) is 5.82 Å². The highest BCUT2D eigenvalue weighted by atomic mass is 32.1. The van der Waals surface area contributed by atoms with E-state index < -0.39 is 5.82 Å². The van der Waals surface area contributed by atoms with E-state index in [4.69, 9.17) is 0 Å². The molecule has 0 aliphatic heterocycles. The Kier molecular flexibility index (Phi) is 5.48. The average molecular weight is 321 g/mol. The summed E-state index contributed by atoms with van der Waals surface area (Å²) in [5.74, 6) is -0.968. The Morgan fingerprint density at radius 1 is 1.27 bits per heavy atom. The molecule has 0 aliphatic carbocycles. The first kappa shape index (κ1) is 16.0. The third kappa shape index (κ3) is 4.85. The molecule has 0 saturated carbocycles. The number of amides is 2. The lowest BCUT2D eigenvalue weighted by atomic mass is 10.2. The third-order valence-corrected chi connectivity index (χ3v) is 3.64. The van der Waals surface area contributed by atoms with Gasteiger partial charge in [0.05, 0.1) is 18.8 Å². The number of carbonyl (C=O) groups excluding carboxylic acids is 2. The van der Waals surface area contributed by atoms with Gasteiger partial charge in [-0.1, -0.05) is 6.07 Å². The van der Waals surface area contributed by atoms with E-state index in [1.165, 1.54) is 25.1 Å². The fraction of sp³-hybridized carbons (Fsp3) is 0.200. The largest absolute Gasteiger partial charge is 0.374 e. The van der Waals surface area contributed by atoms with E-state index in [2.05, 4.69) is 16.0 Å². The van der Waals surface area contributed by atoms with Crippen molar-refractivity contribution in [1.82, 2.24) is 5.32 Å². The molecule has 1 aromatic heterocycles. The van der Waals surface area contributed by atoms with Crippen LogP contribution in [0.3, 0.4) is 0 Å². The standard InChI is InChI=1S/C15H16FN3O2S/c1-10(20)19-11-4-5-13(16)14(7-11)17-9-15(21)18-8-12-3-2-6-22-12/h2-7,17H,8-9H2,1H3,(H,18,21)(H,19,20). The molecule has 1 heterocycles. The fourth-order valence-electron chi connectivity index (χ4n) is 1.78. The first-order valence-electron chi connectivity index (χ1n) is 6.64. The molecule has 116 valence electrons. The summed E-state index contributed by atoms with van der Waals surface area (Å²) in [4.78, 5) is 23.8. The first-order valence-corrected chi connectivity index (χ1v) is 7.52. The Morgan fingerprint density at radius 3 is 2.77 bits per heavy atom. The first-order chi connectivity index (χ1) is 10.5. The molecule has 2 rings (SSSR count). The molecule has 2 amide bonds. The van der Waals surface area contributed by atoms with Crippen molar-refractivity contribution in [2.24, 2.45) is 0 Å². The number of benzene rings is 1. The van der Waals surface area contributed by atoms with E-state index in [9.17, 15) is 14.0 Å².